The SMILES string of the molecule is Cc1cc(C)cc(Oc2ccc(C(=O)O)c(C)c2)c1. The summed E-state index contributed by atoms with van der Waals surface area (Å²) in [6.07, 6.45) is 0. The van der Waals surface area contributed by atoms with E-state index in [2.05, 4.69) is 6.07 Å². The van der Waals surface area contributed by atoms with E-state index in [4.69, 9.17) is 9.84 Å². The third-order valence-electron chi connectivity index (χ3n) is 2.86. The number of carbonyl (C=O) groups is 1. The Morgan fingerprint density at radius 2 is 1.58 bits per heavy atom. The molecule has 98 valence electrons. The Morgan fingerprint density at radius 3 is 2.11 bits per heavy atom. The van der Waals surface area contributed by atoms with E-state index in [1.807, 2.05) is 26.0 Å². The van der Waals surface area contributed by atoms with E-state index < -0.39 is 5.97 Å². The highest BCUT2D eigenvalue weighted by Gasteiger charge is 2.08. The maximum atomic E-state index is 10.9. The summed E-state index contributed by atoms with van der Waals surface area (Å²) < 4.78 is 5.76. The van der Waals surface area contributed by atoms with Crippen molar-refractivity contribution in [2.45, 2.75) is 20.8 Å². The van der Waals surface area contributed by atoms with Crippen molar-refractivity contribution < 1.29 is 14.6 Å². The number of hydrogen-bond donors (Lipinski definition) is 1. The third kappa shape index (κ3) is 3.13. The van der Waals surface area contributed by atoms with Gasteiger partial charge in [-0.05, 0) is 67.8 Å². The molecule has 0 fully saturated rings. The van der Waals surface area contributed by atoms with Gasteiger partial charge in [0.15, 0.2) is 0 Å². The van der Waals surface area contributed by atoms with E-state index in [9.17, 15) is 4.79 Å². The van der Waals surface area contributed by atoms with E-state index in [0.29, 0.717) is 16.9 Å². The van der Waals surface area contributed by atoms with E-state index in [-0.39, 0.29) is 0 Å². The van der Waals surface area contributed by atoms with Gasteiger partial charge in [-0.1, -0.05) is 6.07 Å². The van der Waals surface area contributed by atoms with E-state index >= 15 is 0 Å². The van der Waals surface area contributed by atoms with Gasteiger partial charge in [-0.25, -0.2) is 4.79 Å². The van der Waals surface area contributed by atoms with Crippen LogP contribution in [0.5, 0.6) is 11.5 Å². The highest BCUT2D eigenvalue weighted by atomic mass is 16.5. The summed E-state index contributed by atoms with van der Waals surface area (Å²) in [6.45, 7) is 5.79. The molecule has 0 saturated carbocycles. The molecule has 0 saturated heterocycles. The monoisotopic (exact) mass is 256 g/mol. The zero-order valence-corrected chi connectivity index (χ0v) is 11.2. The minimum atomic E-state index is -0.921. The molecule has 0 atom stereocenters. The number of benzene rings is 2. The lowest BCUT2D eigenvalue weighted by molar-refractivity contribution is 0.0696. The van der Waals surface area contributed by atoms with Gasteiger partial charge in [-0.15, -0.1) is 0 Å². The van der Waals surface area contributed by atoms with Crippen molar-refractivity contribution in [1.82, 2.24) is 0 Å². The lowest BCUT2D eigenvalue weighted by Crippen LogP contribution is -1.99. The molecule has 0 aromatic heterocycles. The van der Waals surface area contributed by atoms with Crippen molar-refractivity contribution in [3.8, 4) is 11.5 Å². The lowest BCUT2D eigenvalue weighted by atomic mass is 10.1. The van der Waals surface area contributed by atoms with Crippen LogP contribution in [0.3, 0.4) is 0 Å². The second-order valence-electron chi connectivity index (χ2n) is 4.71. The fourth-order valence-corrected chi connectivity index (χ4v) is 2.07. The van der Waals surface area contributed by atoms with Crippen molar-refractivity contribution in [2.24, 2.45) is 0 Å². The van der Waals surface area contributed by atoms with Crippen LogP contribution < -0.4 is 4.74 Å². The van der Waals surface area contributed by atoms with Crippen LogP contribution >= 0.6 is 0 Å². The molecule has 0 radical (unpaired) electrons. The maximum Gasteiger partial charge on any atom is 0.335 e. The van der Waals surface area contributed by atoms with Gasteiger partial charge in [0.1, 0.15) is 11.5 Å². The predicted molar refractivity (Wildman–Crippen MR) is 74.1 cm³/mol. The summed E-state index contributed by atoms with van der Waals surface area (Å²) in [5.74, 6) is 0.489. The Hall–Kier alpha value is -2.29. The van der Waals surface area contributed by atoms with Crippen molar-refractivity contribution in [1.29, 1.82) is 0 Å². The average Bonchev–Trinajstić information content (AvgIpc) is 2.26. The molecule has 2 aromatic rings. The molecule has 1 N–H and O–H groups in total. The van der Waals surface area contributed by atoms with E-state index in [0.717, 1.165) is 16.9 Å². The van der Waals surface area contributed by atoms with Gasteiger partial charge in [-0.3, -0.25) is 0 Å². The molecule has 19 heavy (non-hydrogen) atoms. The normalized spacial score (nSPS) is 10.3. The fraction of sp³-hybridized carbons (Fsp3) is 0.188. The van der Waals surface area contributed by atoms with Gasteiger partial charge in [-0.2, -0.15) is 0 Å². The molecule has 0 bridgehead atoms. The van der Waals surface area contributed by atoms with Gasteiger partial charge in [0.2, 0.25) is 0 Å². The highest BCUT2D eigenvalue weighted by molar-refractivity contribution is 5.89. The molecule has 0 heterocycles. The van der Waals surface area contributed by atoms with Crippen LogP contribution in [0.15, 0.2) is 36.4 Å². The van der Waals surface area contributed by atoms with Crippen LogP contribution in [-0.2, 0) is 0 Å². The highest BCUT2D eigenvalue weighted by Crippen LogP contribution is 2.25. The summed E-state index contributed by atoms with van der Waals surface area (Å²) in [5, 5.41) is 8.98. The number of aryl methyl sites for hydroxylation is 3. The van der Waals surface area contributed by atoms with Crippen LogP contribution in [0.4, 0.5) is 0 Å². The molecular weight excluding hydrogens is 240 g/mol. The van der Waals surface area contributed by atoms with Crippen molar-refractivity contribution in [2.75, 3.05) is 0 Å². The second-order valence-corrected chi connectivity index (χ2v) is 4.71. The number of hydrogen-bond acceptors (Lipinski definition) is 2. The Balaban J connectivity index is 2.28. The number of rotatable bonds is 3. The fourth-order valence-electron chi connectivity index (χ4n) is 2.07. The van der Waals surface area contributed by atoms with E-state index in [1.165, 1.54) is 0 Å². The van der Waals surface area contributed by atoms with Gasteiger partial charge in [0.25, 0.3) is 0 Å². The Labute approximate surface area is 112 Å². The quantitative estimate of drug-likeness (QED) is 0.899. The van der Waals surface area contributed by atoms with Crippen molar-refractivity contribution >= 4 is 5.97 Å². The molecule has 3 heteroatoms. The van der Waals surface area contributed by atoms with Crippen LogP contribution in [0.2, 0.25) is 0 Å². The summed E-state index contributed by atoms with van der Waals surface area (Å²) in [5.41, 5.74) is 3.25. The predicted octanol–water partition coefficient (Wildman–Crippen LogP) is 4.10. The zero-order valence-electron chi connectivity index (χ0n) is 11.2. The first-order valence-corrected chi connectivity index (χ1v) is 6.06. The zero-order chi connectivity index (χ0) is 14.0. The summed E-state index contributed by atoms with van der Waals surface area (Å²) in [6, 6.07) is 11.0. The molecule has 2 rings (SSSR count). The van der Waals surface area contributed by atoms with Crippen LogP contribution in [-0.4, -0.2) is 11.1 Å². The molecule has 0 spiro atoms. The average molecular weight is 256 g/mol. The molecule has 0 aliphatic heterocycles. The minimum absolute atomic E-state index is 0.299. The number of carboxylic acid groups (broad SMARTS) is 1. The molecular formula is C16H16O3. The summed E-state index contributed by atoms with van der Waals surface area (Å²) in [7, 11) is 0. The van der Waals surface area contributed by atoms with Crippen LogP contribution in [0.25, 0.3) is 0 Å². The number of ether oxygens (including phenoxy) is 1. The van der Waals surface area contributed by atoms with Crippen molar-refractivity contribution in [3.05, 3.63) is 58.7 Å². The largest absolute Gasteiger partial charge is 0.478 e. The van der Waals surface area contributed by atoms with Gasteiger partial charge in [0, 0.05) is 0 Å². The third-order valence-corrected chi connectivity index (χ3v) is 2.86. The first-order valence-electron chi connectivity index (χ1n) is 6.06. The summed E-state index contributed by atoms with van der Waals surface area (Å²) >= 11 is 0. The molecule has 0 amide bonds. The minimum Gasteiger partial charge on any atom is -0.478 e. The molecule has 0 aliphatic carbocycles. The second kappa shape index (κ2) is 5.14. The standard InChI is InChI=1S/C16H16O3/c1-10-6-11(2)8-14(7-10)19-13-4-5-15(16(17)18)12(3)9-13/h4-9H,1-3H3,(H,17,18). The molecule has 2 aromatic carbocycles. The van der Waals surface area contributed by atoms with Crippen LogP contribution in [0.1, 0.15) is 27.0 Å². The number of carboxylic acids is 1. The number of aromatic carboxylic acids is 1. The Kier molecular flexibility index (Phi) is 3.56. The van der Waals surface area contributed by atoms with Crippen LogP contribution in [0, 0.1) is 20.8 Å². The topological polar surface area (TPSA) is 46.5 Å². The first kappa shape index (κ1) is 13.1. The van der Waals surface area contributed by atoms with Crippen molar-refractivity contribution in [3.63, 3.8) is 0 Å². The smallest absolute Gasteiger partial charge is 0.335 e. The molecule has 0 aliphatic rings. The Morgan fingerprint density at radius 1 is 0.947 bits per heavy atom. The lowest BCUT2D eigenvalue weighted by Gasteiger charge is -2.09. The Bertz CT molecular complexity index is 610. The molecule has 0 unspecified atom stereocenters. The van der Waals surface area contributed by atoms with Gasteiger partial charge in [0.05, 0.1) is 5.56 Å². The van der Waals surface area contributed by atoms with Gasteiger partial charge >= 0.3 is 5.97 Å². The maximum absolute atomic E-state index is 10.9. The first-order chi connectivity index (χ1) is 8.95. The molecule has 3 nitrogen and oxygen atoms in total. The summed E-state index contributed by atoms with van der Waals surface area (Å²) in [4.78, 5) is 10.9. The van der Waals surface area contributed by atoms with Gasteiger partial charge < -0.3 is 9.84 Å². The van der Waals surface area contributed by atoms with E-state index in [1.54, 1.807) is 25.1 Å².